The van der Waals surface area contributed by atoms with E-state index < -0.39 is 0 Å². The summed E-state index contributed by atoms with van der Waals surface area (Å²) >= 11 is 0. The zero-order valence-corrected chi connectivity index (χ0v) is 18.3. The Balaban J connectivity index is 1.40. The number of urea groups is 1. The predicted octanol–water partition coefficient (Wildman–Crippen LogP) is 3.96. The van der Waals surface area contributed by atoms with E-state index in [1.165, 1.54) is 12.5 Å². The Hall–Kier alpha value is -2.83. The number of amides is 3. The Labute approximate surface area is 184 Å². The predicted molar refractivity (Wildman–Crippen MR) is 120 cm³/mol. The molecule has 1 saturated carbocycles. The molecule has 2 fully saturated rings. The maximum absolute atomic E-state index is 12.7. The summed E-state index contributed by atoms with van der Waals surface area (Å²) in [5.74, 6) is 0.131. The molecule has 1 saturated heterocycles. The summed E-state index contributed by atoms with van der Waals surface area (Å²) in [6.07, 6.45) is 10.2. The summed E-state index contributed by atoms with van der Waals surface area (Å²) in [4.78, 5) is 38.3. The molecule has 1 aliphatic carbocycles. The van der Waals surface area contributed by atoms with Gasteiger partial charge >= 0.3 is 12.0 Å². The Morgan fingerprint density at radius 3 is 2.35 bits per heavy atom. The Kier molecular flexibility index (Phi) is 8.50. The summed E-state index contributed by atoms with van der Waals surface area (Å²) in [6.45, 7) is 3.53. The van der Waals surface area contributed by atoms with Crippen LogP contribution in [0.2, 0.25) is 0 Å². The van der Waals surface area contributed by atoms with Gasteiger partial charge in [-0.1, -0.05) is 31.4 Å². The number of hydrogen-bond acceptors (Lipinski definition) is 4. The summed E-state index contributed by atoms with van der Waals surface area (Å²) in [7, 11) is 0. The van der Waals surface area contributed by atoms with Gasteiger partial charge in [-0.3, -0.25) is 4.79 Å². The fourth-order valence-corrected chi connectivity index (χ4v) is 4.24. The van der Waals surface area contributed by atoms with Crippen molar-refractivity contribution in [3.05, 3.63) is 35.9 Å². The number of piperidine rings is 1. The number of nitrogens with zero attached hydrogens (tertiary/aromatic N) is 1. The number of carbonyl (C=O) groups excluding carboxylic acids is 3. The van der Waals surface area contributed by atoms with E-state index in [9.17, 15) is 14.4 Å². The fourth-order valence-electron chi connectivity index (χ4n) is 4.24. The van der Waals surface area contributed by atoms with Crippen molar-refractivity contribution in [3.63, 3.8) is 0 Å². The molecule has 7 heteroatoms. The molecular formula is C24H33N3O4. The molecule has 2 aliphatic rings. The van der Waals surface area contributed by atoms with E-state index in [1.54, 1.807) is 25.1 Å². The second-order valence-electron chi connectivity index (χ2n) is 8.24. The van der Waals surface area contributed by atoms with Gasteiger partial charge < -0.3 is 20.3 Å². The molecule has 1 heterocycles. The SMILES string of the molecule is CCOC(=O)/C=C/c1ccc(NC(=O)NC2CCN(C(=O)C3CCCCC3)CC2)cc1. The second-order valence-corrected chi connectivity index (χ2v) is 8.24. The topological polar surface area (TPSA) is 87.7 Å². The van der Waals surface area contributed by atoms with Crippen LogP contribution in [0.1, 0.15) is 57.4 Å². The second kappa shape index (κ2) is 11.5. The number of benzene rings is 1. The molecule has 1 aromatic rings. The lowest BCUT2D eigenvalue weighted by atomic mass is 9.87. The number of anilines is 1. The largest absolute Gasteiger partial charge is 0.463 e. The monoisotopic (exact) mass is 427 g/mol. The number of carbonyl (C=O) groups is 3. The molecule has 168 valence electrons. The molecule has 31 heavy (non-hydrogen) atoms. The summed E-state index contributed by atoms with van der Waals surface area (Å²) < 4.78 is 4.85. The van der Waals surface area contributed by atoms with Gasteiger partial charge in [0.25, 0.3) is 0 Å². The standard InChI is InChI=1S/C24H33N3O4/c1-2-31-22(28)13-10-18-8-11-20(12-9-18)25-24(30)26-21-14-16-27(17-15-21)23(29)19-6-4-3-5-7-19/h8-13,19,21H,2-7,14-17H2,1H3,(H2,25,26,30)/b13-10+. The quantitative estimate of drug-likeness (QED) is 0.531. The van der Waals surface area contributed by atoms with Gasteiger partial charge in [0.05, 0.1) is 6.61 Å². The molecule has 0 bridgehead atoms. The normalized spacial score (nSPS) is 18.0. The molecule has 3 amide bonds. The highest BCUT2D eigenvalue weighted by atomic mass is 16.5. The van der Waals surface area contributed by atoms with Gasteiger partial charge in [0.15, 0.2) is 0 Å². The molecule has 0 aromatic heterocycles. The van der Waals surface area contributed by atoms with Gasteiger partial charge in [-0.15, -0.1) is 0 Å². The number of rotatable bonds is 6. The van der Waals surface area contributed by atoms with E-state index in [2.05, 4.69) is 10.6 Å². The molecule has 2 N–H and O–H groups in total. The summed E-state index contributed by atoms with van der Waals surface area (Å²) in [5.41, 5.74) is 1.52. The van der Waals surface area contributed by atoms with Crippen LogP contribution in [0.5, 0.6) is 0 Å². The van der Waals surface area contributed by atoms with Gasteiger partial charge in [-0.25, -0.2) is 9.59 Å². The highest BCUT2D eigenvalue weighted by Crippen LogP contribution is 2.26. The molecule has 7 nitrogen and oxygen atoms in total. The minimum Gasteiger partial charge on any atom is -0.463 e. The Bertz CT molecular complexity index is 777. The molecule has 1 aromatic carbocycles. The first-order valence-electron chi connectivity index (χ1n) is 11.4. The molecule has 0 atom stereocenters. The van der Waals surface area contributed by atoms with Gasteiger partial charge in [0.2, 0.25) is 5.91 Å². The lowest BCUT2D eigenvalue weighted by Gasteiger charge is -2.35. The highest BCUT2D eigenvalue weighted by Gasteiger charge is 2.29. The van der Waals surface area contributed by atoms with Crippen LogP contribution in [0.3, 0.4) is 0 Å². The van der Waals surface area contributed by atoms with Gasteiger partial charge in [0, 0.05) is 36.8 Å². The average molecular weight is 428 g/mol. The number of nitrogens with one attached hydrogen (secondary N) is 2. The Morgan fingerprint density at radius 1 is 1.03 bits per heavy atom. The molecule has 0 radical (unpaired) electrons. The van der Waals surface area contributed by atoms with Crippen molar-refractivity contribution in [1.82, 2.24) is 10.2 Å². The minimum absolute atomic E-state index is 0.0715. The van der Waals surface area contributed by atoms with Crippen LogP contribution < -0.4 is 10.6 Å². The molecule has 3 rings (SSSR count). The van der Waals surface area contributed by atoms with Crippen LogP contribution in [0.25, 0.3) is 6.08 Å². The van der Waals surface area contributed by atoms with Crippen LogP contribution in [0, 0.1) is 5.92 Å². The van der Waals surface area contributed by atoms with Gasteiger partial charge in [-0.2, -0.15) is 0 Å². The van der Waals surface area contributed by atoms with Crippen molar-refractivity contribution in [2.75, 3.05) is 25.0 Å². The number of likely N-dealkylation sites (tertiary alicyclic amines) is 1. The van der Waals surface area contributed by atoms with Crippen molar-refractivity contribution < 1.29 is 19.1 Å². The van der Waals surface area contributed by atoms with Crippen LogP contribution in [0.15, 0.2) is 30.3 Å². The first-order valence-corrected chi connectivity index (χ1v) is 11.4. The van der Waals surface area contributed by atoms with Crippen molar-refractivity contribution >= 4 is 29.7 Å². The zero-order valence-electron chi connectivity index (χ0n) is 18.3. The zero-order chi connectivity index (χ0) is 22.1. The van der Waals surface area contributed by atoms with Gasteiger partial charge in [0.1, 0.15) is 0 Å². The molecule has 0 unspecified atom stereocenters. The van der Waals surface area contributed by atoms with E-state index in [0.29, 0.717) is 31.3 Å². The smallest absolute Gasteiger partial charge is 0.330 e. The van der Waals surface area contributed by atoms with Crippen molar-refractivity contribution in [1.29, 1.82) is 0 Å². The van der Waals surface area contributed by atoms with Crippen molar-refractivity contribution in [3.8, 4) is 0 Å². The van der Waals surface area contributed by atoms with Crippen molar-refractivity contribution in [2.24, 2.45) is 5.92 Å². The number of hydrogen-bond donors (Lipinski definition) is 2. The van der Waals surface area contributed by atoms with E-state index in [-0.39, 0.29) is 24.0 Å². The average Bonchev–Trinajstić information content (AvgIpc) is 2.79. The fraction of sp³-hybridized carbons (Fsp3) is 0.542. The maximum Gasteiger partial charge on any atom is 0.330 e. The first-order chi connectivity index (χ1) is 15.0. The van der Waals surface area contributed by atoms with Crippen LogP contribution >= 0.6 is 0 Å². The third kappa shape index (κ3) is 7.12. The third-order valence-electron chi connectivity index (χ3n) is 5.96. The lowest BCUT2D eigenvalue weighted by molar-refractivity contribution is -0.138. The third-order valence-corrected chi connectivity index (χ3v) is 5.96. The lowest BCUT2D eigenvalue weighted by Crippen LogP contribution is -2.49. The van der Waals surface area contributed by atoms with Gasteiger partial charge in [-0.05, 0) is 56.4 Å². The van der Waals surface area contributed by atoms with E-state index in [4.69, 9.17) is 4.74 Å². The summed E-state index contributed by atoms with van der Waals surface area (Å²) in [5, 5.41) is 5.85. The molecule has 0 spiro atoms. The number of esters is 1. The number of ether oxygens (including phenoxy) is 1. The summed E-state index contributed by atoms with van der Waals surface area (Å²) in [6, 6.07) is 7.04. The van der Waals surface area contributed by atoms with E-state index >= 15 is 0 Å². The minimum atomic E-state index is -0.379. The van der Waals surface area contributed by atoms with E-state index in [1.807, 2.05) is 17.0 Å². The van der Waals surface area contributed by atoms with Crippen LogP contribution in [-0.4, -0.2) is 48.5 Å². The maximum atomic E-state index is 12.7. The van der Waals surface area contributed by atoms with Crippen LogP contribution in [-0.2, 0) is 14.3 Å². The molecular weight excluding hydrogens is 394 g/mol. The molecule has 1 aliphatic heterocycles. The van der Waals surface area contributed by atoms with E-state index in [0.717, 1.165) is 44.1 Å². The van der Waals surface area contributed by atoms with Crippen LogP contribution in [0.4, 0.5) is 10.5 Å². The van der Waals surface area contributed by atoms with Crippen molar-refractivity contribution in [2.45, 2.75) is 57.9 Å². The Morgan fingerprint density at radius 2 is 1.71 bits per heavy atom. The highest BCUT2D eigenvalue weighted by molar-refractivity contribution is 5.90. The first kappa shape index (κ1) is 22.8.